The van der Waals surface area contributed by atoms with E-state index in [1.807, 2.05) is 37.3 Å². The van der Waals surface area contributed by atoms with Crippen molar-refractivity contribution in [1.29, 1.82) is 0 Å². The summed E-state index contributed by atoms with van der Waals surface area (Å²) >= 11 is 0. The summed E-state index contributed by atoms with van der Waals surface area (Å²) < 4.78 is 7.18. The summed E-state index contributed by atoms with van der Waals surface area (Å²) in [5.74, 6) is 0.651. The van der Waals surface area contributed by atoms with E-state index in [0.29, 0.717) is 25.6 Å². The molecule has 5 heteroatoms. The molecule has 1 N–H and O–H groups in total. The quantitative estimate of drug-likeness (QED) is 0.845. The number of aromatic amines is 1. The van der Waals surface area contributed by atoms with Gasteiger partial charge in [0.25, 0.3) is 0 Å². The summed E-state index contributed by atoms with van der Waals surface area (Å²) in [6.45, 7) is 3.55. The number of nitrogens with one attached hydrogen (secondary N) is 1. The van der Waals surface area contributed by atoms with E-state index in [4.69, 9.17) is 4.74 Å². The van der Waals surface area contributed by atoms with Crippen LogP contribution in [0.5, 0.6) is 0 Å². The van der Waals surface area contributed by atoms with E-state index in [2.05, 4.69) is 10.2 Å². The van der Waals surface area contributed by atoms with Crippen LogP contribution in [-0.4, -0.2) is 14.8 Å². The molecule has 0 aliphatic rings. The van der Waals surface area contributed by atoms with Crippen molar-refractivity contribution in [3.05, 3.63) is 52.2 Å². The van der Waals surface area contributed by atoms with Crippen molar-refractivity contribution in [2.24, 2.45) is 0 Å². The Bertz CT molecular complexity index is 531. The Kier molecular flexibility index (Phi) is 4.30. The highest BCUT2D eigenvalue weighted by molar-refractivity contribution is 5.13. The average Bonchev–Trinajstić information content (AvgIpc) is 2.73. The maximum Gasteiger partial charge on any atom is 0.343 e. The summed E-state index contributed by atoms with van der Waals surface area (Å²) in [5, 5.41) is 6.41. The number of nitrogens with zero attached hydrogens (tertiary/aromatic N) is 2. The van der Waals surface area contributed by atoms with Gasteiger partial charge in [0.1, 0.15) is 6.61 Å². The van der Waals surface area contributed by atoms with E-state index >= 15 is 0 Å². The van der Waals surface area contributed by atoms with Gasteiger partial charge in [-0.15, -0.1) is 0 Å². The number of hydrogen-bond donors (Lipinski definition) is 1. The lowest BCUT2D eigenvalue weighted by molar-refractivity contribution is 0.0989. The molecule has 96 valence electrons. The molecule has 0 bridgehead atoms. The van der Waals surface area contributed by atoms with Crippen LogP contribution in [0.2, 0.25) is 0 Å². The van der Waals surface area contributed by atoms with Gasteiger partial charge in [0, 0.05) is 6.54 Å². The van der Waals surface area contributed by atoms with Crippen molar-refractivity contribution in [1.82, 2.24) is 14.8 Å². The van der Waals surface area contributed by atoms with E-state index < -0.39 is 0 Å². The number of benzene rings is 1. The number of aromatic nitrogens is 3. The molecule has 0 unspecified atom stereocenters. The minimum Gasteiger partial charge on any atom is -0.369 e. The highest BCUT2D eigenvalue weighted by Gasteiger charge is 2.07. The van der Waals surface area contributed by atoms with Crippen LogP contribution in [0.15, 0.2) is 35.1 Å². The SMILES string of the molecule is CCCn1c(COCc2ccccc2)n[nH]c1=O. The fourth-order valence-electron chi connectivity index (χ4n) is 1.75. The van der Waals surface area contributed by atoms with Crippen LogP contribution in [0.1, 0.15) is 24.7 Å². The van der Waals surface area contributed by atoms with Gasteiger partial charge in [-0.25, -0.2) is 9.89 Å². The molecule has 0 saturated heterocycles. The molecule has 5 nitrogen and oxygen atoms in total. The molecular formula is C13H17N3O2. The monoisotopic (exact) mass is 247 g/mol. The van der Waals surface area contributed by atoms with E-state index in [1.54, 1.807) is 4.57 Å². The lowest BCUT2D eigenvalue weighted by atomic mass is 10.2. The molecule has 0 aliphatic carbocycles. The summed E-state index contributed by atoms with van der Waals surface area (Å²) in [6.07, 6.45) is 0.894. The lowest BCUT2D eigenvalue weighted by Crippen LogP contribution is -2.19. The van der Waals surface area contributed by atoms with Crippen molar-refractivity contribution in [3.63, 3.8) is 0 Å². The highest BCUT2D eigenvalue weighted by Crippen LogP contribution is 2.03. The van der Waals surface area contributed by atoms with E-state index in [9.17, 15) is 4.79 Å². The third-order valence-electron chi connectivity index (χ3n) is 2.63. The molecule has 0 radical (unpaired) electrons. The maximum absolute atomic E-state index is 11.5. The van der Waals surface area contributed by atoms with Gasteiger partial charge in [0.15, 0.2) is 5.82 Å². The fourth-order valence-corrected chi connectivity index (χ4v) is 1.75. The zero-order valence-corrected chi connectivity index (χ0v) is 10.4. The molecule has 1 aromatic carbocycles. The molecule has 0 fully saturated rings. The van der Waals surface area contributed by atoms with Crippen molar-refractivity contribution in [2.75, 3.05) is 0 Å². The van der Waals surface area contributed by atoms with Gasteiger partial charge in [-0.2, -0.15) is 5.10 Å². The van der Waals surface area contributed by atoms with Gasteiger partial charge in [0.2, 0.25) is 0 Å². The summed E-state index contributed by atoms with van der Waals surface area (Å²) in [4.78, 5) is 11.5. The first-order valence-corrected chi connectivity index (χ1v) is 6.07. The van der Waals surface area contributed by atoms with Crippen LogP contribution in [-0.2, 0) is 24.5 Å². The molecule has 0 amide bonds. The molecule has 2 aromatic rings. The van der Waals surface area contributed by atoms with Crippen LogP contribution in [0.3, 0.4) is 0 Å². The minimum absolute atomic E-state index is 0.171. The standard InChI is InChI=1S/C13H17N3O2/c1-2-8-16-12(14-15-13(16)17)10-18-9-11-6-4-3-5-7-11/h3-7H,2,8-10H2,1H3,(H,15,17). The van der Waals surface area contributed by atoms with Gasteiger partial charge >= 0.3 is 5.69 Å². The first kappa shape index (κ1) is 12.6. The lowest BCUT2D eigenvalue weighted by Gasteiger charge is -2.05. The average molecular weight is 247 g/mol. The second-order valence-corrected chi connectivity index (χ2v) is 4.08. The van der Waals surface area contributed by atoms with Crippen LogP contribution in [0.25, 0.3) is 0 Å². The second kappa shape index (κ2) is 6.16. The normalized spacial score (nSPS) is 10.7. The van der Waals surface area contributed by atoms with Crippen LogP contribution in [0, 0.1) is 0 Å². The zero-order chi connectivity index (χ0) is 12.8. The van der Waals surface area contributed by atoms with Gasteiger partial charge in [-0.05, 0) is 12.0 Å². The van der Waals surface area contributed by atoms with E-state index in [1.165, 1.54) is 0 Å². The molecule has 0 atom stereocenters. The Morgan fingerprint density at radius 2 is 2.06 bits per heavy atom. The van der Waals surface area contributed by atoms with Crippen LogP contribution < -0.4 is 5.69 Å². The molecule has 0 saturated carbocycles. The molecule has 2 rings (SSSR count). The Morgan fingerprint density at radius 1 is 1.28 bits per heavy atom. The zero-order valence-electron chi connectivity index (χ0n) is 10.4. The van der Waals surface area contributed by atoms with Crippen molar-refractivity contribution in [2.45, 2.75) is 33.1 Å². The third-order valence-corrected chi connectivity index (χ3v) is 2.63. The van der Waals surface area contributed by atoms with E-state index in [-0.39, 0.29) is 5.69 Å². The first-order chi connectivity index (χ1) is 8.81. The molecular weight excluding hydrogens is 230 g/mol. The second-order valence-electron chi connectivity index (χ2n) is 4.08. The maximum atomic E-state index is 11.5. The van der Waals surface area contributed by atoms with Crippen LogP contribution >= 0.6 is 0 Å². The largest absolute Gasteiger partial charge is 0.369 e. The van der Waals surface area contributed by atoms with Gasteiger partial charge in [-0.1, -0.05) is 37.3 Å². The Labute approximate surface area is 105 Å². The molecule has 18 heavy (non-hydrogen) atoms. The fraction of sp³-hybridized carbons (Fsp3) is 0.385. The summed E-state index contributed by atoms with van der Waals surface area (Å²) in [5.41, 5.74) is 0.938. The van der Waals surface area contributed by atoms with Crippen molar-refractivity contribution < 1.29 is 4.74 Å². The van der Waals surface area contributed by atoms with Crippen molar-refractivity contribution >= 4 is 0 Å². The van der Waals surface area contributed by atoms with Gasteiger partial charge < -0.3 is 4.74 Å². The van der Waals surface area contributed by atoms with Gasteiger partial charge in [-0.3, -0.25) is 4.57 Å². The minimum atomic E-state index is -0.171. The topological polar surface area (TPSA) is 59.9 Å². The van der Waals surface area contributed by atoms with Gasteiger partial charge in [0.05, 0.1) is 6.61 Å². The molecule has 1 heterocycles. The number of ether oxygens (including phenoxy) is 1. The smallest absolute Gasteiger partial charge is 0.343 e. The first-order valence-electron chi connectivity index (χ1n) is 6.07. The predicted molar refractivity (Wildman–Crippen MR) is 68.1 cm³/mol. The number of H-pyrrole nitrogens is 1. The molecule has 1 aromatic heterocycles. The predicted octanol–water partition coefficient (Wildman–Crippen LogP) is 1.70. The Morgan fingerprint density at radius 3 is 2.78 bits per heavy atom. The number of rotatable bonds is 6. The molecule has 0 spiro atoms. The Hall–Kier alpha value is -1.88. The van der Waals surface area contributed by atoms with Crippen LogP contribution in [0.4, 0.5) is 0 Å². The van der Waals surface area contributed by atoms with E-state index in [0.717, 1.165) is 12.0 Å². The highest BCUT2D eigenvalue weighted by atomic mass is 16.5. The molecule has 0 aliphatic heterocycles. The summed E-state index contributed by atoms with van der Waals surface area (Å²) in [6, 6.07) is 9.92. The summed E-state index contributed by atoms with van der Waals surface area (Å²) in [7, 11) is 0. The number of hydrogen-bond acceptors (Lipinski definition) is 3. The third kappa shape index (κ3) is 3.07. The Balaban J connectivity index is 1.92. The van der Waals surface area contributed by atoms with Crippen molar-refractivity contribution in [3.8, 4) is 0 Å².